The Labute approximate surface area is 258 Å². The maximum atomic E-state index is 14.1. The minimum absolute atomic E-state index is 0.00404. The molecular weight excluding hydrogens is 661 g/mol. The number of anilines is 1. The van der Waals surface area contributed by atoms with Crippen molar-refractivity contribution >= 4 is 78.3 Å². The van der Waals surface area contributed by atoms with Gasteiger partial charge in [0, 0.05) is 24.0 Å². The molecule has 3 aromatic rings. The number of rotatable bonds is 12. The van der Waals surface area contributed by atoms with Gasteiger partial charge in [-0.1, -0.05) is 100 Å². The summed E-state index contributed by atoms with van der Waals surface area (Å²) >= 11 is 22.0. The van der Waals surface area contributed by atoms with E-state index in [1.165, 1.54) is 17.0 Å². The Morgan fingerprint density at radius 2 is 1.57 bits per heavy atom. The lowest BCUT2D eigenvalue weighted by Gasteiger charge is -2.33. The zero-order chi connectivity index (χ0) is 29.4. The van der Waals surface area contributed by atoms with E-state index < -0.39 is 28.5 Å². The van der Waals surface area contributed by atoms with E-state index in [9.17, 15) is 18.0 Å². The minimum atomic E-state index is -4.01. The summed E-state index contributed by atoms with van der Waals surface area (Å²) in [6.07, 6.45) is 1.90. The summed E-state index contributed by atoms with van der Waals surface area (Å²) in [5.74, 6) is -0.937. The summed E-state index contributed by atoms with van der Waals surface area (Å²) in [6, 6.07) is 18.4. The van der Waals surface area contributed by atoms with E-state index in [4.69, 9.17) is 34.8 Å². The van der Waals surface area contributed by atoms with E-state index in [0.29, 0.717) is 13.0 Å². The molecule has 3 aromatic carbocycles. The molecule has 0 spiro atoms. The summed E-state index contributed by atoms with van der Waals surface area (Å²) in [6.45, 7) is 1.80. The van der Waals surface area contributed by atoms with E-state index in [-0.39, 0.29) is 39.6 Å². The SMILES string of the molecule is CCCNC(=O)[C@H](Cc1ccccc1)N(Cc1cccc(Br)c1)C(=O)CN(c1cc(Cl)c(Cl)cc1Cl)S(C)(=O)=O. The van der Waals surface area contributed by atoms with Crippen molar-refractivity contribution in [1.29, 1.82) is 0 Å². The molecule has 0 fully saturated rings. The monoisotopic (exact) mass is 687 g/mol. The summed E-state index contributed by atoms with van der Waals surface area (Å²) in [7, 11) is -4.01. The van der Waals surface area contributed by atoms with Gasteiger partial charge in [-0.15, -0.1) is 0 Å². The lowest BCUT2D eigenvalue weighted by Crippen LogP contribution is -2.53. The van der Waals surface area contributed by atoms with Crippen LogP contribution in [0.3, 0.4) is 0 Å². The highest BCUT2D eigenvalue weighted by molar-refractivity contribution is 9.10. The van der Waals surface area contributed by atoms with Gasteiger partial charge in [-0.25, -0.2) is 8.42 Å². The van der Waals surface area contributed by atoms with Crippen molar-refractivity contribution in [2.24, 2.45) is 0 Å². The Balaban J connectivity index is 2.08. The van der Waals surface area contributed by atoms with Gasteiger partial charge in [0.2, 0.25) is 21.8 Å². The van der Waals surface area contributed by atoms with Gasteiger partial charge in [0.05, 0.1) is 27.0 Å². The van der Waals surface area contributed by atoms with E-state index in [0.717, 1.165) is 26.2 Å². The Hall–Kier alpha value is -2.30. The number of carbonyl (C=O) groups is 2. The lowest BCUT2D eigenvalue weighted by molar-refractivity contribution is -0.140. The minimum Gasteiger partial charge on any atom is -0.354 e. The molecule has 0 radical (unpaired) electrons. The summed E-state index contributed by atoms with van der Waals surface area (Å²) in [4.78, 5) is 29.0. The molecule has 0 saturated carbocycles. The Morgan fingerprint density at radius 3 is 2.20 bits per heavy atom. The van der Waals surface area contributed by atoms with E-state index in [1.54, 1.807) is 0 Å². The lowest BCUT2D eigenvalue weighted by atomic mass is 10.0. The summed E-state index contributed by atoms with van der Waals surface area (Å²) in [5.41, 5.74) is 1.60. The highest BCUT2D eigenvalue weighted by Gasteiger charge is 2.33. The summed E-state index contributed by atoms with van der Waals surface area (Å²) in [5, 5.41) is 3.12. The van der Waals surface area contributed by atoms with Gasteiger partial charge >= 0.3 is 0 Å². The second-order valence-corrected chi connectivity index (χ2v) is 13.2. The number of carbonyl (C=O) groups excluding carboxylic acids is 2. The third kappa shape index (κ3) is 8.85. The van der Waals surface area contributed by atoms with Crippen molar-refractivity contribution in [3.05, 3.63) is 97.4 Å². The first kappa shape index (κ1) is 32.2. The molecule has 7 nitrogen and oxygen atoms in total. The fourth-order valence-corrected chi connectivity index (χ4v) is 6.04. The van der Waals surface area contributed by atoms with Gasteiger partial charge < -0.3 is 10.2 Å². The maximum absolute atomic E-state index is 14.1. The van der Waals surface area contributed by atoms with Crippen molar-refractivity contribution in [3.8, 4) is 0 Å². The number of nitrogens with zero attached hydrogens (tertiary/aromatic N) is 2. The van der Waals surface area contributed by atoms with Gasteiger partial charge in [-0.2, -0.15) is 0 Å². The van der Waals surface area contributed by atoms with Crippen LogP contribution in [0, 0.1) is 0 Å². The first-order valence-electron chi connectivity index (χ1n) is 12.4. The average Bonchev–Trinajstić information content (AvgIpc) is 2.90. The van der Waals surface area contributed by atoms with Crippen LogP contribution in [-0.2, 0) is 32.6 Å². The van der Waals surface area contributed by atoms with Crippen molar-refractivity contribution in [3.63, 3.8) is 0 Å². The standard InChI is InChI=1S/C28H29BrCl3N3O4S/c1-3-12-33-28(37)26(14-19-8-5-4-6-9-19)34(17-20-10-7-11-21(29)13-20)27(36)18-35(40(2,38)39)25-16-23(31)22(30)15-24(25)32/h4-11,13,15-16,26H,3,12,14,17-18H2,1-2H3,(H,33,37)/t26-/m0/s1. The molecule has 0 aliphatic heterocycles. The van der Waals surface area contributed by atoms with E-state index >= 15 is 0 Å². The molecule has 214 valence electrons. The molecule has 0 aliphatic carbocycles. The number of sulfonamides is 1. The van der Waals surface area contributed by atoms with Crippen LogP contribution in [0.1, 0.15) is 24.5 Å². The quantitative estimate of drug-likeness (QED) is 0.225. The van der Waals surface area contributed by atoms with Crippen molar-refractivity contribution < 1.29 is 18.0 Å². The predicted molar refractivity (Wildman–Crippen MR) is 166 cm³/mol. The summed E-state index contributed by atoms with van der Waals surface area (Å²) < 4.78 is 27.5. The molecule has 0 heterocycles. The Bertz CT molecular complexity index is 1460. The third-order valence-corrected chi connectivity index (χ3v) is 8.64. The van der Waals surface area contributed by atoms with Gasteiger partial charge in [0.1, 0.15) is 12.6 Å². The Kier molecular flexibility index (Phi) is 11.7. The molecular formula is C28H29BrCl3N3O4S. The van der Waals surface area contributed by atoms with Crippen LogP contribution >= 0.6 is 50.7 Å². The first-order chi connectivity index (χ1) is 18.9. The van der Waals surface area contributed by atoms with Crippen molar-refractivity contribution in [2.75, 3.05) is 23.7 Å². The van der Waals surface area contributed by atoms with Gasteiger partial charge in [-0.3, -0.25) is 13.9 Å². The number of amides is 2. The highest BCUT2D eigenvalue weighted by Crippen LogP contribution is 2.35. The van der Waals surface area contributed by atoms with Gasteiger partial charge in [0.15, 0.2) is 0 Å². The largest absolute Gasteiger partial charge is 0.354 e. The van der Waals surface area contributed by atoms with Crippen LogP contribution in [0.5, 0.6) is 0 Å². The highest BCUT2D eigenvalue weighted by atomic mass is 79.9. The molecule has 0 aromatic heterocycles. The molecule has 40 heavy (non-hydrogen) atoms. The van der Waals surface area contributed by atoms with Gasteiger partial charge in [-0.05, 0) is 41.8 Å². The van der Waals surface area contributed by atoms with Gasteiger partial charge in [0.25, 0.3) is 0 Å². The molecule has 12 heteroatoms. The van der Waals surface area contributed by atoms with Crippen LogP contribution in [-0.4, -0.2) is 50.5 Å². The smallest absolute Gasteiger partial charge is 0.244 e. The second-order valence-electron chi connectivity index (χ2n) is 9.14. The number of hydrogen-bond donors (Lipinski definition) is 1. The molecule has 1 atom stereocenters. The maximum Gasteiger partial charge on any atom is 0.244 e. The van der Waals surface area contributed by atoms with E-state index in [2.05, 4.69) is 21.2 Å². The number of halogens is 4. The zero-order valence-electron chi connectivity index (χ0n) is 21.9. The van der Waals surface area contributed by atoms with Crippen LogP contribution in [0.25, 0.3) is 0 Å². The number of nitrogens with one attached hydrogen (secondary N) is 1. The van der Waals surface area contributed by atoms with Crippen LogP contribution in [0.4, 0.5) is 5.69 Å². The van der Waals surface area contributed by atoms with Crippen LogP contribution in [0.15, 0.2) is 71.2 Å². The fraction of sp³-hybridized carbons (Fsp3) is 0.286. The van der Waals surface area contributed by atoms with E-state index in [1.807, 2.05) is 61.5 Å². The first-order valence-corrected chi connectivity index (χ1v) is 16.2. The molecule has 2 amide bonds. The zero-order valence-corrected chi connectivity index (χ0v) is 26.6. The number of benzene rings is 3. The third-order valence-electron chi connectivity index (χ3n) is 6.00. The molecule has 3 rings (SSSR count). The van der Waals surface area contributed by atoms with Crippen LogP contribution in [0.2, 0.25) is 15.1 Å². The molecule has 0 unspecified atom stereocenters. The normalized spacial score (nSPS) is 12.1. The van der Waals surface area contributed by atoms with Crippen molar-refractivity contribution in [2.45, 2.75) is 32.4 Å². The fourth-order valence-electron chi connectivity index (χ4n) is 4.05. The Morgan fingerprint density at radius 1 is 0.925 bits per heavy atom. The molecule has 0 bridgehead atoms. The number of hydrogen-bond acceptors (Lipinski definition) is 4. The average molecular weight is 690 g/mol. The molecule has 1 N–H and O–H groups in total. The predicted octanol–water partition coefficient (Wildman–Crippen LogP) is 6.34. The molecule has 0 aliphatic rings. The van der Waals surface area contributed by atoms with Crippen LogP contribution < -0.4 is 9.62 Å². The van der Waals surface area contributed by atoms with Crippen molar-refractivity contribution in [1.82, 2.24) is 10.2 Å². The topological polar surface area (TPSA) is 86.8 Å². The molecule has 0 saturated heterocycles. The second kappa shape index (κ2) is 14.5.